The van der Waals surface area contributed by atoms with Gasteiger partial charge in [-0.3, -0.25) is 14.9 Å². The van der Waals surface area contributed by atoms with Gasteiger partial charge in [-0.25, -0.2) is 9.29 Å². The molecule has 0 radical (unpaired) electrons. The molecule has 4 aromatic rings. The summed E-state index contributed by atoms with van der Waals surface area (Å²) in [5.41, 5.74) is 1.29. The number of carbonyl (C=O) groups excluding carboxylic acids is 2. The van der Waals surface area contributed by atoms with Gasteiger partial charge in [0.05, 0.1) is 12.8 Å². The quantitative estimate of drug-likeness (QED) is 0.213. The van der Waals surface area contributed by atoms with Crippen molar-refractivity contribution >= 4 is 51.7 Å². The summed E-state index contributed by atoms with van der Waals surface area (Å²) in [6.07, 6.45) is 1.41. The summed E-state index contributed by atoms with van der Waals surface area (Å²) >= 11 is 5.14. The third kappa shape index (κ3) is 4.92. The fourth-order valence-corrected chi connectivity index (χ4v) is 4.33. The Bertz CT molecular complexity index is 1580. The zero-order chi connectivity index (χ0) is 25.9. The van der Waals surface area contributed by atoms with E-state index in [1.807, 2.05) is 30.3 Å². The first-order valence-electron chi connectivity index (χ1n) is 11.4. The minimum absolute atomic E-state index is 0.0431. The molecule has 1 aliphatic rings. The Kier molecular flexibility index (Phi) is 6.66. The van der Waals surface area contributed by atoms with Crippen LogP contribution in [0.3, 0.4) is 0 Å². The molecule has 1 heterocycles. The van der Waals surface area contributed by atoms with Crippen LogP contribution in [0.25, 0.3) is 16.8 Å². The number of hydrogen-bond donors (Lipinski definition) is 1. The zero-order valence-electron chi connectivity index (χ0n) is 19.7. The maximum atomic E-state index is 14.4. The molecule has 184 valence electrons. The molecular formula is C29H21FN2O4S. The number of halogens is 1. The number of nitrogens with one attached hydrogen (secondary N) is 1. The molecule has 6 nitrogen and oxygen atoms in total. The lowest BCUT2D eigenvalue weighted by atomic mass is 10.1. The average molecular weight is 513 g/mol. The average Bonchev–Trinajstić information content (AvgIpc) is 2.91. The summed E-state index contributed by atoms with van der Waals surface area (Å²) in [6.45, 7) is 0.331. The van der Waals surface area contributed by atoms with Gasteiger partial charge in [-0.15, -0.1) is 0 Å². The van der Waals surface area contributed by atoms with E-state index in [-0.39, 0.29) is 16.4 Å². The van der Waals surface area contributed by atoms with Gasteiger partial charge in [0, 0.05) is 0 Å². The van der Waals surface area contributed by atoms with E-state index in [1.165, 1.54) is 31.4 Å². The Morgan fingerprint density at radius 3 is 2.46 bits per heavy atom. The highest BCUT2D eigenvalue weighted by atomic mass is 32.1. The fourth-order valence-electron chi connectivity index (χ4n) is 4.06. The molecule has 4 aromatic carbocycles. The van der Waals surface area contributed by atoms with Crippen LogP contribution in [0.5, 0.6) is 11.5 Å². The van der Waals surface area contributed by atoms with E-state index >= 15 is 0 Å². The van der Waals surface area contributed by atoms with E-state index in [9.17, 15) is 14.0 Å². The third-order valence-corrected chi connectivity index (χ3v) is 6.19. The van der Waals surface area contributed by atoms with Crippen LogP contribution in [-0.2, 0) is 16.2 Å². The highest BCUT2D eigenvalue weighted by Gasteiger charge is 2.35. The minimum atomic E-state index is -0.727. The summed E-state index contributed by atoms with van der Waals surface area (Å²) in [6, 6.07) is 25.0. The number of benzene rings is 4. The molecule has 0 aromatic heterocycles. The lowest BCUT2D eigenvalue weighted by Crippen LogP contribution is -2.54. The van der Waals surface area contributed by atoms with Crippen molar-refractivity contribution in [2.45, 2.75) is 6.61 Å². The second kappa shape index (κ2) is 10.2. The van der Waals surface area contributed by atoms with E-state index < -0.39 is 17.6 Å². The first-order chi connectivity index (χ1) is 17.9. The van der Waals surface area contributed by atoms with Gasteiger partial charge in [-0.1, -0.05) is 54.6 Å². The van der Waals surface area contributed by atoms with Gasteiger partial charge < -0.3 is 9.47 Å². The SMILES string of the molecule is COc1cc(/C=C2\C(=O)NC(=S)N(c3ccccc3F)C2=O)ccc1OCc1ccc2ccccc2c1. The van der Waals surface area contributed by atoms with Gasteiger partial charge in [0.1, 0.15) is 18.0 Å². The van der Waals surface area contributed by atoms with E-state index in [0.29, 0.717) is 23.7 Å². The first-order valence-corrected chi connectivity index (χ1v) is 11.8. The molecule has 5 rings (SSSR count). The minimum Gasteiger partial charge on any atom is -0.493 e. The summed E-state index contributed by atoms with van der Waals surface area (Å²) in [4.78, 5) is 26.7. The lowest BCUT2D eigenvalue weighted by molar-refractivity contribution is -0.122. The summed E-state index contributed by atoms with van der Waals surface area (Å²) in [7, 11) is 1.51. The first kappa shape index (κ1) is 24.1. The van der Waals surface area contributed by atoms with E-state index in [1.54, 1.807) is 24.3 Å². The van der Waals surface area contributed by atoms with Gasteiger partial charge in [0.15, 0.2) is 16.6 Å². The molecule has 0 unspecified atom stereocenters. The number of thiocarbonyl (C=S) groups is 1. The van der Waals surface area contributed by atoms with E-state index in [2.05, 4.69) is 17.4 Å². The number of anilines is 1. The van der Waals surface area contributed by atoms with E-state index in [0.717, 1.165) is 21.2 Å². The molecule has 2 amide bonds. The molecule has 1 N–H and O–H groups in total. The molecule has 8 heteroatoms. The number of hydrogen-bond acceptors (Lipinski definition) is 5. The molecule has 0 saturated carbocycles. The van der Waals surface area contributed by atoms with Gasteiger partial charge in [-0.2, -0.15) is 0 Å². The number of fused-ring (bicyclic) bond motifs is 1. The van der Waals surface area contributed by atoms with Crippen molar-refractivity contribution in [3.05, 3.63) is 107 Å². The molecular weight excluding hydrogens is 491 g/mol. The van der Waals surface area contributed by atoms with Crippen LogP contribution in [0.2, 0.25) is 0 Å². The van der Waals surface area contributed by atoms with Crippen molar-refractivity contribution in [3.63, 3.8) is 0 Å². The molecule has 0 aliphatic carbocycles. The zero-order valence-corrected chi connectivity index (χ0v) is 20.6. The van der Waals surface area contributed by atoms with Gasteiger partial charge >= 0.3 is 0 Å². The van der Waals surface area contributed by atoms with Crippen LogP contribution in [0, 0.1) is 5.82 Å². The number of methoxy groups -OCH3 is 1. The van der Waals surface area contributed by atoms with Crippen molar-refractivity contribution in [3.8, 4) is 11.5 Å². The van der Waals surface area contributed by atoms with Gasteiger partial charge in [0.25, 0.3) is 11.8 Å². The molecule has 0 spiro atoms. The Labute approximate surface area is 217 Å². The van der Waals surface area contributed by atoms with Crippen LogP contribution in [0.4, 0.5) is 10.1 Å². The van der Waals surface area contributed by atoms with Gasteiger partial charge in [0.2, 0.25) is 0 Å². The van der Waals surface area contributed by atoms with Crippen LogP contribution >= 0.6 is 12.2 Å². The van der Waals surface area contributed by atoms with E-state index in [4.69, 9.17) is 21.7 Å². The second-order valence-corrected chi connectivity index (χ2v) is 8.68. The standard InChI is InChI=1S/C29H21FN2O4S/c1-35-26-16-18(11-13-25(26)36-17-19-10-12-20-6-2-3-7-21(20)14-19)15-22-27(33)31-29(37)32(28(22)34)24-9-5-4-8-23(24)30/h2-16H,17H2,1H3,(H,31,33,37)/b22-15+. The van der Waals surface area contributed by atoms with Crippen molar-refractivity contribution in [1.82, 2.24) is 5.32 Å². The molecule has 0 bridgehead atoms. The number of para-hydroxylation sites is 1. The number of ether oxygens (including phenoxy) is 2. The Balaban J connectivity index is 1.39. The smallest absolute Gasteiger partial charge is 0.270 e. The monoisotopic (exact) mass is 512 g/mol. The van der Waals surface area contributed by atoms with Crippen molar-refractivity contribution in [2.75, 3.05) is 12.0 Å². The Morgan fingerprint density at radius 2 is 1.68 bits per heavy atom. The van der Waals surface area contributed by atoms with Crippen LogP contribution in [0.1, 0.15) is 11.1 Å². The Hall–Kier alpha value is -4.56. The number of nitrogens with zero attached hydrogens (tertiary/aromatic N) is 1. The Morgan fingerprint density at radius 1 is 0.919 bits per heavy atom. The lowest BCUT2D eigenvalue weighted by Gasteiger charge is -2.29. The normalized spacial score (nSPS) is 14.7. The van der Waals surface area contributed by atoms with Crippen molar-refractivity contribution in [1.29, 1.82) is 0 Å². The van der Waals surface area contributed by atoms with Crippen LogP contribution in [-0.4, -0.2) is 24.0 Å². The molecule has 0 atom stereocenters. The summed E-state index contributed by atoms with van der Waals surface area (Å²) < 4.78 is 25.9. The third-order valence-electron chi connectivity index (χ3n) is 5.90. The van der Waals surface area contributed by atoms with Crippen LogP contribution in [0.15, 0.2) is 90.5 Å². The second-order valence-electron chi connectivity index (χ2n) is 8.29. The number of carbonyl (C=O) groups is 2. The molecule has 37 heavy (non-hydrogen) atoms. The fraction of sp³-hybridized carbons (Fsp3) is 0.0690. The predicted octanol–water partition coefficient (Wildman–Crippen LogP) is 5.40. The highest BCUT2D eigenvalue weighted by Crippen LogP contribution is 2.31. The number of amides is 2. The maximum Gasteiger partial charge on any atom is 0.270 e. The molecule has 1 aliphatic heterocycles. The molecule has 1 saturated heterocycles. The van der Waals surface area contributed by atoms with Crippen LogP contribution < -0.4 is 19.7 Å². The van der Waals surface area contributed by atoms with Crippen molar-refractivity contribution < 1.29 is 23.5 Å². The summed E-state index contributed by atoms with van der Waals surface area (Å²) in [5, 5.41) is 4.54. The largest absolute Gasteiger partial charge is 0.493 e. The number of rotatable bonds is 6. The molecule has 1 fully saturated rings. The predicted molar refractivity (Wildman–Crippen MR) is 144 cm³/mol. The maximum absolute atomic E-state index is 14.4. The highest BCUT2D eigenvalue weighted by molar-refractivity contribution is 7.80. The van der Waals surface area contributed by atoms with Crippen molar-refractivity contribution in [2.24, 2.45) is 0 Å². The summed E-state index contributed by atoms with van der Waals surface area (Å²) in [5.74, 6) is -1.09. The topological polar surface area (TPSA) is 67.9 Å². The van der Waals surface area contributed by atoms with Gasteiger partial charge in [-0.05, 0) is 70.5 Å².